The van der Waals surface area contributed by atoms with Crippen molar-refractivity contribution < 1.29 is 22.7 Å². The van der Waals surface area contributed by atoms with Gasteiger partial charge in [-0.25, -0.2) is 12.7 Å². The maximum atomic E-state index is 14.2. The summed E-state index contributed by atoms with van der Waals surface area (Å²) in [5.74, 6) is -1.58. The number of hydrogen-bond acceptors (Lipinski definition) is 5. The molecule has 188 valence electrons. The van der Waals surface area contributed by atoms with Crippen LogP contribution in [0.3, 0.4) is 0 Å². The van der Waals surface area contributed by atoms with Crippen LogP contribution in [-0.4, -0.2) is 34.3 Å². The molecule has 0 bridgehead atoms. The fraction of sp³-hybridized carbons (Fsp3) is 0.276. The van der Waals surface area contributed by atoms with Gasteiger partial charge in [-0.05, 0) is 54.3 Å². The van der Waals surface area contributed by atoms with Gasteiger partial charge in [-0.3, -0.25) is 4.79 Å². The third-order valence-electron chi connectivity index (χ3n) is 6.26. The lowest BCUT2D eigenvalue weighted by atomic mass is 9.90. The summed E-state index contributed by atoms with van der Waals surface area (Å²) in [6.07, 6.45) is 2.30. The Labute approximate surface area is 213 Å². The van der Waals surface area contributed by atoms with Crippen molar-refractivity contribution in [3.05, 3.63) is 95.6 Å². The van der Waals surface area contributed by atoms with Crippen LogP contribution in [0, 0.1) is 12.8 Å². The molecule has 0 saturated carbocycles. The number of benzene rings is 3. The van der Waals surface area contributed by atoms with Crippen LogP contribution in [0.1, 0.15) is 36.5 Å². The molecule has 0 N–H and O–H groups in total. The summed E-state index contributed by atoms with van der Waals surface area (Å²) in [5, 5.41) is 0. The molecule has 1 aliphatic heterocycles. The van der Waals surface area contributed by atoms with E-state index in [0.29, 0.717) is 23.4 Å². The number of rotatable bonds is 8. The van der Waals surface area contributed by atoms with Crippen molar-refractivity contribution in [3.63, 3.8) is 0 Å². The average Bonchev–Trinajstić information content (AvgIpc) is 3.04. The lowest BCUT2D eigenvalue weighted by molar-refractivity contribution is -0.147. The normalized spacial score (nSPS) is 17.6. The van der Waals surface area contributed by atoms with Crippen LogP contribution >= 0.6 is 0 Å². The van der Waals surface area contributed by atoms with Crippen LogP contribution in [0.25, 0.3) is 11.6 Å². The number of aryl methyl sites for hydroxylation is 1. The van der Waals surface area contributed by atoms with E-state index >= 15 is 0 Å². The van der Waals surface area contributed by atoms with E-state index < -0.39 is 28.1 Å². The molecule has 1 heterocycles. The number of sulfonamides is 1. The van der Waals surface area contributed by atoms with Crippen molar-refractivity contribution in [2.24, 2.45) is 5.92 Å². The monoisotopic (exact) mass is 505 g/mol. The maximum absolute atomic E-state index is 14.2. The number of carbonyl (C=O) groups is 1. The van der Waals surface area contributed by atoms with Gasteiger partial charge in [0.1, 0.15) is 5.92 Å². The van der Waals surface area contributed by atoms with Gasteiger partial charge in [0.2, 0.25) is 0 Å². The second-order valence-electron chi connectivity index (χ2n) is 8.75. The summed E-state index contributed by atoms with van der Waals surface area (Å²) in [7, 11) is -2.80. The van der Waals surface area contributed by atoms with E-state index in [2.05, 4.69) is 0 Å². The number of unbranched alkanes of at least 4 members (excludes halogenated alkanes) is 1. The molecule has 0 fully saturated rings. The summed E-state index contributed by atoms with van der Waals surface area (Å²) < 4.78 is 41.2. The molecule has 0 radical (unpaired) electrons. The highest BCUT2D eigenvalue weighted by molar-refractivity contribution is 7.92. The third kappa shape index (κ3) is 5.08. The Morgan fingerprint density at radius 1 is 0.944 bits per heavy atom. The van der Waals surface area contributed by atoms with E-state index in [4.69, 9.17) is 9.47 Å². The number of hydrogen-bond donors (Lipinski definition) is 0. The summed E-state index contributed by atoms with van der Waals surface area (Å²) >= 11 is 0. The van der Waals surface area contributed by atoms with Gasteiger partial charge < -0.3 is 9.47 Å². The fourth-order valence-electron chi connectivity index (χ4n) is 4.36. The van der Waals surface area contributed by atoms with E-state index in [1.807, 2.05) is 62.4 Å². The number of nitrogens with zero attached hydrogens (tertiary/aromatic N) is 1. The standard InChI is InChI=1S/C29H31NO5S/c1-4-5-19-35-28-27(29(31)34-3)25(22-11-7-6-8-12-22)20-23-13-9-10-14-26(23)30(28)36(32,33)24-17-15-21(2)16-18-24/h6-18,20,27-28H,4-5,19H2,1-3H3/t27-,28+/m1/s1. The van der Waals surface area contributed by atoms with Gasteiger partial charge >= 0.3 is 5.97 Å². The highest BCUT2D eigenvalue weighted by atomic mass is 32.2. The molecule has 0 unspecified atom stereocenters. The van der Waals surface area contributed by atoms with E-state index in [1.54, 1.807) is 36.4 Å². The molecule has 0 aliphatic carbocycles. The minimum absolute atomic E-state index is 0.124. The van der Waals surface area contributed by atoms with Crippen LogP contribution in [0.2, 0.25) is 0 Å². The zero-order valence-electron chi connectivity index (χ0n) is 20.8. The van der Waals surface area contributed by atoms with E-state index in [0.717, 1.165) is 24.0 Å². The minimum atomic E-state index is -4.11. The molecule has 36 heavy (non-hydrogen) atoms. The Hall–Kier alpha value is -3.42. The predicted molar refractivity (Wildman–Crippen MR) is 142 cm³/mol. The minimum Gasteiger partial charge on any atom is -0.468 e. The predicted octanol–water partition coefficient (Wildman–Crippen LogP) is 5.68. The molecule has 3 aromatic carbocycles. The van der Waals surface area contributed by atoms with E-state index in [-0.39, 0.29) is 4.90 Å². The van der Waals surface area contributed by atoms with Gasteiger partial charge in [0.05, 0.1) is 17.7 Å². The molecule has 0 saturated heterocycles. The van der Waals surface area contributed by atoms with Crippen molar-refractivity contribution in [3.8, 4) is 0 Å². The Morgan fingerprint density at radius 3 is 2.28 bits per heavy atom. The number of ether oxygens (including phenoxy) is 2. The second kappa shape index (κ2) is 11.1. The number of fused-ring (bicyclic) bond motifs is 1. The van der Waals surface area contributed by atoms with Crippen LogP contribution in [0.4, 0.5) is 5.69 Å². The molecule has 0 aromatic heterocycles. The number of para-hydroxylation sites is 1. The number of anilines is 1. The number of esters is 1. The molecular weight excluding hydrogens is 474 g/mol. The quantitative estimate of drug-likeness (QED) is 0.291. The summed E-state index contributed by atoms with van der Waals surface area (Å²) in [5.41, 5.74) is 3.49. The van der Waals surface area contributed by atoms with Crippen molar-refractivity contribution in [1.29, 1.82) is 0 Å². The fourth-order valence-corrected chi connectivity index (χ4v) is 5.95. The number of methoxy groups -OCH3 is 1. The lowest BCUT2D eigenvalue weighted by Crippen LogP contribution is -2.49. The Morgan fingerprint density at radius 2 is 1.61 bits per heavy atom. The third-order valence-corrected chi connectivity index (χ3v) is 8.05. The van der Waals surface area contributed by atoms with Gasteiger partial charge in [0.15, 0.2) is 6.23 Å². The highest BCUT2D eigenvalue weighted by Crippen LogP contribution is 2.42. The van der Waals surface area contributed by atoms with Gasteiger partial charge in [-0.2, -0.15) is 0 Å². The lowest BCUT2D eigenvalue weighted by Gasteiger charge is -2.36. The molecule has 0 spiro atoms. The van der Waals surface area contributed by atoms with Crippen LogP contribution < -0.4 is 4.31 Å². The summed E-state index contributed by atoms with van der Waals surface area (Å²) in [6, 6.07) is 23.4. The molecule has 4 rings (SSSR count). The Kier molecular flexibility index (Phi) is 7.91. The zero-order valence-corrected chi connectivity index (χ0v) is 21.6. The first kappa shape index (κ1) is 25.7. The first-order chi connectivity index (χ1) is 17.4. The van der Waals surface area contributed by atoms with Crippen LogP contribution in [0.15, 0.2) is 83.8 Å². The number of carbonyl (C=O) groups excluding carboxylic acids is 1. The van der Waals surface area contributed by atoms with Gasteiger partial charge in [-0.15, -0.1) is 0 Å². The smallest absolute Gasteiger partial charge is 0.317 e. The first-order valence-electron chi connectivity index (χ1n) is 12.0. The molecule has 6 nitrogen and oxygen atoms in total. The maximum Gasteiger partial charge on any atom is 0.317 e. The van der Waals surface area contributed by atoms with Gasteiger partial charge in [-0.1, -0.05) is 79.6 Å². The summed E-state index contributed by atoms with van der Waals surface area (Å²) in [4.78, 5) is 13.5. The second-order valence-corrected chi connectivity index (χ2v) is 10.6. The SMILES string of the molecule is CCCCO[C@H]1[C@H](C(=O)OC)C(c2ccccc2)=Cc2ccccc2N1S(=O)(=O)c1ccc(C)cc1. The van der Waals surface area contributed by atoms with E-state index in [1.165, 1.54) is 11.4 Å². The van der Waals surface area contributed by atoms with Crippen molar-refractivity contribution >= 4 is 33.3 Å². The van der Waals surface area contributed by atoms with Crippen LogP contribution in [-0.2, 0) is 24.3 Å². The molecule has 7 heteroatoms. The van der Waals surface area contributed by atoms with Crippen molar-refractivity contribution in [2.75, 3.05) is 18.0 Å². The molecule has 1 aliphatic rings. The van der Waals surface area contributed by atoms with Crippen LogP contribution in [0.5, 0.6) is 0 Å². The zero-order chi connectivity index (χ0) is 25.7. The summed E-state index contributed by atoms with van der Waals surface area (Å²) in [6.45, 7) is 4.22. The van der Waals surface area contributed by atoms with Crippen molar-refractivity contribution in [1.82, 2.24) is 0 Å². The van der Waals surface area contributed by atoms with E-state index in [9.17, 15) is 13.2 Å². The molecule has 3 aromatic rings. The molecule has 0 amide bonds. The first-order valence-corrected chi connectivity index (χ1v) is 13.5. The average molecular weight is 506 g/mol. The largest absolute Gasteiger partial charge is 0.468 e. The molecule has 2 atom stereocenters. The van der Waals surface area contributed by atoms with Gasteiger partial charge in [0, 0.05) is 6.61 Å². The topological polar surface area (TPSA) is 72.9 Å². The Bertz CT molecular complexity index is 1330. The highest BCUT2D eigenvalue weighted by Gasteiger charge is 2.45. The van der Waals surface area contributed by atoms with Gasteiger partial charge in [0.25, 0.3) is 10.0 Å². The van der Waals surface area contributed by atoms with Crippen molar-refractivity contribution in [2.45, 2.75) is 37.8 Å². The Balaban J connectivity index is 1.99. The molecular formula is C29H31NO5S.